The molecule has 0 amide bonds. The van der Waals surface area contributed by atoms with Gasteiger partial charge < -0.3 is 0 Å². The highest BCUT2D eigenvalue weighted by Crippen LogP contribution is 2.25. The highest BCUT2D eigenvalue weighted by atomic mass is 35.5. The van der Waals surface area contributed by atoms with Crippen molar-refractivity contribution in [1.82, 2.24) is 0 Å². The zero-order chi connectivity index (χ0) is 10.8. The number of hydrogen-bond donors (Lipinski definition) is 0. The van der Waals surface area contributed by atoms with E-state index in [9.17, 15) is 4.79 Å². The summed E-state index contributed by atoms with van der Waals surface area (Å²) < 4.78 is 0. The van der Waals surface area contributed by atoms with E-state index in [1.54, 1.807) is 0 Å². The summed E-state index contributed by atoms with van der Waals surface area (Å²) in [5, 5.41) is -0.267. The molecule has 1 aromatic carbocycles. The fourth-order valence-corrected chi connectivity index (χ4v) is 2.04. The van der Waals surface area contributed by atoms with Gasteiger partial charge in [-0.05, 0) is 41.1 Å². The molecule has 0 bridgehead atoms. The molecule has 0 saturated carbocycles. The lowest BCUT2D eigenvalue weighted by atomic mass is 9.89. The first-order chi connectivity index (χ1) is 7.20. The van der Waals surface area contributed by atoms with Crippen molar-refractivity contribution < 1.29 is 4.79 Å². The number of fused-ring (bicyclic) bond motifs is 1. The highest BCUT2D eigenvalue weighted by Gasteiger charge is 2.18. The lowest BCUT2D eigenvalue weighted by Gasteiger charge is -2.16. The lowest BCUT2D eigenvalue weighted by molar-refractivity contribution is -0.113. The zero-order valence-corrected chi connectivity index (χ0v) is 9.42. The molecule has 1 aliphatic rings. The minimum absolute atomic E-state index is 0.147. The maximum atomic E-state index is 11.0. The fourth-order valence-electron chi connectivity index (χ4n) is 1.89. The molecule has 15 heavy (non-hydrogen) atoms. The number of benzene rings is 1. The summed E-state index contributed by atoms with van der Waals surface area (Å²) in [5.41, 5.74) is 3.77. The summed E-state index contributed by atoms with van der Waals surface area (Å²) in [6.45, 7) is 2.14. The smallest absolute Gasteiger partial charge is 0.228 e. The molecule has 1 aliphatic carbocycles. The summed E-state index contributed by atoms with van der Waals surface area (Å²) in [6, 6.07) is 6.40. The van der Waals surface area contributed by atoms with E-state index in [4.69, 9.17) is 11.6 Å². The quantitative estimate of drug-likeness (QED) is 0.700. The van der Waals surface area contributed by atoms with E-state index < -0.39 is 0 Å². The Morgan fingerprint density at radius 1 is 1.53 bits per heavy atom. The topological polar surface area (TPSA) is 17.1 Å². The summed E-state index contributed by atoms with van der Waals surface area (Å²) >= 11 is 5.49. The Morgan fingerprint density at radius 3 is 3.00 bits per heavy atom. The van der Waals surface area contributed by atoms with Gasteiger partial charge in [0, 0.05) is 0 Å². The van der Waals surface area contributed by atoms with Gasteiger partial charge in [-0.1, -0.05) is 37.3 Å². The molecule has 0 saturated heterocycles. The molecule has 1 aromatic rings. The molecular formula is C13H13ClO. The molecule has 78 valence electrons. The number of hydrogen-bond acceptors (Lipinski definition) is 1. The summed E-state index contributed by atoms with van der Waals surface area (Å²) in [5.74, 6) is -0.147. The minimum Gasteiger partial charge on any atom is -0.281 e. The van der Waals surface area contributed by atoms with Crippen LogP contribution in [0.1, 0.15) is 23.6 Å². The monoisotopic (exact) mass is 220 g/mol. The molecule has 2 rings (SSSR count). The Balaban J connectivity index is 2.32. The summed E-state index contributed by atoms with van der Waals surface area (Å²) in [7, 11) is 0. The molecule has 0 radical (unpaired) electrons. The Hall–Kier alpha value is -1.08. The number of halogens is 1. The van der Waals surface area contributed by atoms with Crippen LogP contribution in [-0.4, -0.2) is 5.24 Å². The Kier molecular flexibility index (Phi) is 2.92. The summed E-state index contributed by atoms with van der Waals surface area (Å²) in [4.78, 5) is 11.0. The van der Waals surface area contributed by atoms with Gasteiger partial charge in [0.15, 0.2) is 0 Å². The van der Waals surface area contributed by atoms with Gasteiger partial charge in [-0.15, -0.1) is 0 Å². The predicted molar refractivity (Wildman–Crippen MR) is 62.9 cm³/mol. The molecule has 1 unspecified atom stereocenters. The van der Waals surface area contributed by atoms with Gasteiger partial charge in [0.2, 0.25) is 5.24 Å². The van der Waals surface area contributed by atoms with Crippen molar-refractivity contribution in [3.05, 3.63) is 41.0 Å². The van der Waals surface area contributed by atoms with E-state index in [-0.39, 0.29) is 11.2 Å². The third-order valence-corrected chi connectivity index (χ3v) is 3.14. The molecule has 0 spiro atoms. The third kappa shape index (κ3) is 2.13. The molecule has 1 atom stereocenters. The van der Waals surface area contributed by atoms with E-state index in [0.29, 0.717) is 0 Å². The number of carbonyl (C=O) groups is 1. The standard InChI is InChI=1S/C13H13ClO/c1-2-9-3-4-11-8-12(13(14)15)6-5-10(11)7-9/h3-7,12H,2,8H2,1H3. The first-order valence-corrected chi connectivity index (χ1v) is 5.58. The SMILES string of the molecule is CCc1ccc2c(c1)C=CC(C(=O)Cl)C2. The van der Waals surface area contributed by atoms with Gasteiger partial charge in [-0.3, -0.25) is 4.79 Å². The van der Waals surface area contributed by atoms with Gasteiger partial charge in [0.05, 0.1) is 5.92 Å². The Labute approximate surface area is 94.8 Å². The fraction of sp³-hybridized carbons (Fsp3) is 0.308. The van der Waals surface area contributed by atoms with Crippen LogP contribution in [0.3, 0.4) is 0 Å². The lowest BCUT2D eigenvalue weighted by Crippen LogP contribution is -2.13. The molecule has 0 heterocycles. The first-order valence-electron chi connectivity index (χ1n) is 5.20. The Bertz CT molecular complexity index is 421. The average Bonchev–Trinajstić information content (AvgIpc) is 2.27. The first kappa shape index (κ1) is 10.4. The van der Waals surface area contributed by atoms with Gasteiger partial charge in [0.25, 0.3) is 0 Å². The second-order valence-corrected chi connectivity index (χ2v) is 4.23. The van der Waals surface area contributed by atoms with E-state index in [1.165, 1.54) is 16.7 Å². The van der Waals surface area contributed by atoms with Crippen molar-refractivity contribution >= 4 is 22.9 Å². The molecule has 2 heteroatoms. The number of aryl methyl sites for hydroxylation is 1. The van der Waals surface area contributed by atoms with Gasteiger partial charge in [0.1, 0.15) is 0 Å². The van der Waals surface area contributed by atoms with Gasteiger partial charge in [-0.2, -0.15) is 0 Å². The van der Waals surface area contributed by atoms with Crippen LogP contribution in [-0.2, 0) is 17.6 Å². The van der Waals surface area contributed by atoms with Crippen LogP contribution >= 0.6 is 11.6 Å². The van der Waals surface area contributed by atoms with E-state index in [0.717, 1.165) is 12.8 Å². The van der Waals surface area contributed by atoms with Crippen LogP contribution in [0.5, 0.6) is 0 Å². The zero-order valence-electron chi connectivity index (χ0n) is 8.66. The number of carbonyl (C=O) groups excluding carboxylic acids is 1. The van der Waals surface area contributed by atoms with Gasteiger partial charge >= 0.3 is 0 Å². The molecule has 0 fully saturated rings. The normalized spacial score (nSPS) is 18.7. The van der Waals surface area contributed by atoms with E-state index in [1.807, 2.05) is 12.2 Å². The van der Waals surface area contributed by atoms with Crippen molar-refractivity contribution in [3.63, 3.8) is 0 Å². The van der Waals surface area contributed by atoms with Crippen LogP contribution in [0.4, 0.5) is 0 Å². The maximum absolute atomic E-state index is 11.0. The van der Waals surface area contributed by atoms with Crippen molar-refractivity contribution in [1.29, 1.82) is 0 Å². The van der Waals surface area contributed by atoms with Crippen LogP contribution in [0.15, 0.2) is 24.3 Å². The average molecular weight is 221 g/mol. The van der Waals surface area contributed by atoms with Crippen LogP contribution in [0, 0.1) is 5.92 Å². The molecular weight excluding hydrogens is 208 g/mol. The van der Waals surface area contributed by atoms with Crippen LogP contribution < -0.4 is 0 Å². The minimum atomic E-state index is -0.267. The van der Waals surface area contributed by atoms with Crippen LogP contribution in [0.2, 0.25) is 0 Å². The van der Waals surface area contributed by atoms with Crippen molar-refractivity contribution in [2.45, 2.75) is 19.8 Å². The van der Waals surface area contributed by atoms with Crippen LogP contribution in [0.25, 0.3) is 6.08 Å². The van der Waals surface area contributed by atoms with Crippen molar-refractivity contribution in [3.8, 4) is 0 Å². The number of allylic oxidation sites excluding steroid dienone is 1. The summed E-state index contributed by atoms with van der Waals surface area (Å²) in [6.07, 6.45) is 5.68. The predicted octanol–water partition coefficient (Wildman–Crippen LogP) is 3.20. The molecule has 0 aromatic heterocycles. The van der Waals surface area contributed by atoms with E-state index >= 15 is 0 Å². The Morgan fingerprint density at radius 2 is 2.33 bits per heavy atom. The molecule has 1 nitrogen and oxygen atoms in total. The second-order valence-electron chi connectivity index (χ2n) is 3.86. The van der Waals surface area contributed by atoms with Crippen molar-refractivity contribution in [2.24, 2.45) is 5.92 Å². The second kappa shape index (κ2) is 4.19. The third-order valence-electron chi connectivity index (χ3n) is 2.86. The largest absolute Gasteiger partial charge is 0.281 e. The van der Waals surface area contributed by atoms with Crippen molar-refractivity contribution in [2.75, 3.05) is 0 Å². The van der Waals surface area contributed by atoms with Gasteiger partial charge in [-0.25, -0.2) is 0 Å². The highest BCUT2D eigenvalue weighted by molar-refractivity contribution is 6.64. The molecule has 0 aliphatic heterocycles. The number of rotatable bonds is 2. The maximum Gasteiger partial charge on any atom is 0.228 e. The van der Waals surface area contributed by atoms with E-state index in [2.05, 4.69) is 25.1 Å². The molecule has 0 N–H and O–H groups in total.